The van der Waals surface area contributed by atoms with Gasteiger partial charge in [0.05, 0.1) is 17.8 Å². The third kappa shape index (κ3) is 4.27. The van der Waals surface area contributed by atoms with Gasteiger partial charge in [-0.25, -0.2) is 4.98 Å². The molecule has 0 saturated carbocycles. The second-order valence-corrected chi connectivity index (χ2v) is 5.29. The van der Waals surface area contributed by atoms with E-state index in [9.17, 15) is 0 Å². The van der Waals surface area contributed by atoms with Gasteiger partial charge < -0.3 is 14.5 Å². The molecule has 0 aliphatic heterocycles. The van der Waals surface area contributed by atoms with Gasteiger partial charge in [0.2, 0.25) is 0 Å². The highest BCUT2D eigenvalue weighted by Crippen LogP contribution is 2.21. The molecule has 1 aromatic heterocycles. The number of H-pyrrole nitrogens is 1. The molecule has 0 amide bonds. The summed E-state index contributed by atoms with van der Waals surface area (Å²) in [5.74, 6) is 2.90. The van der Waals surface area contributed by atoms with Crippen LogP contribution in [0.1, 0.15) is 5.82 Å². The Kier molecular flexibility index (Phi) is 5.17. The maximum Gasteiger partial charge on any atom is 0.146 e. The first-order valence-corrected chi connectivity index (χ1v) is 7.89. The average molecular weight is 329 g/mol. The molecule has 0 spiro atoms. The largest absolute Gasteiger partial charge is 0.492 e. The number of benzene rings is 2. The zero-order chi connectivity index (χ0) is 15.9. The van der Waals surface area contributed by atoms with E-state index in [-0.39, 0.29) is 0 Å². The lowest BCUT2D eigenvalue weighted by molar-refractivity contribution is 0.297. The maximum atomic E-state index is 5.68. The van der Waals surface area contributed by atoms with Gasteiger partial charge in [-0.15, -0.1) is 11.6 Å². The molecule has 0 unspecified atom stereocenters. The second kappa shape index (κ2) is 7.70. The fraction of sp³-hybridized carbons (Fsp3) is 0.167. The lowest BCUT2D eigenvalue weighted by atomic mass is 10.2. The van der Waals surface area contributed by atoms with Gasteiger partial charge in [0.1, 0.15) is 30.5 Å². The fourth-order valence-corrected chi connectivity index (χ4v) is 2.22. The number of ether oxygens (including phenoxy) is 2. The molecule has 0 saturated heterocycles. The zero-order valence-electron chi connectivity index (χ0n) is 12.5. The number of hydrogen-bond donors (Lipinski definition) is 1. The number of imidazole rings is 1. The van der Waals surface area contributed by atoms with Crippen molar-refractivity contribution in [2.75, 3.05) is 12.5 Å². The summed E-state index contributed by atoms with van der Waals surface area (Å²) in [5, 5.41) is 0. The van der Waals surface area contributed by atoms with Crippen LogP contribution in [0.5, 0.6) is 11.5 Å². The first-order valence-electron chi connectivity index (χ1n) is 7.36. The summed E-state index contributed by atoms with van der Waals surface area (Å²) in [6, 6.07) is 17.5. The van der Waals surface area contributed by atoms with E-state index < -0.39 is 0 Å². The molecule has 1 heterocycles. The van der Waals surface area contributed by atoms with Gasteiger partial charge in [0.25, 0.3) is 0 Å². The van der Waals surface area contributed by atoms with Gasteiger partial charge in [-0.1, -0.05) is 18.2 Å². The van der Waals surface area contributed by atoms with Gasteiger partial charge in [-0.2, -0.15) is 0 Å². The molecular formula is C18H17ClN2O2. The highest BCUT2D eigenvalue weighted by Gasteiger charge is 2.04. The van der Waals surface area contributed by atoms with Crippen LogP contribution >= 0.6 is 11.6 Å². The lowest BCUT2D eigenvalue weighted by Crippen LogP contribution is -1.97. The molecule has 0 fully saturated rings. The molecule has 2 aromatic carbocycles. The first-order chi connectivity index (χ1) is 11.3. The summed E-state index contributed by atoms with van der Waals surface area (Å²) in [4.78, 5) is 7.61. The molecular weight excluding hydrogens is 312 g/mol. The third-order valence-electron chi connectivity index (χ3n) is 3.26. The predicted molar refractivity (Wildman–Crippen MR) is 91.0 cm³/mol. The quantitative estimate of drug-likeness (QED) is 0.659. The Bertz CT molecular complexity index is 726. The smallest absolute Gasteiger partial charge is 0.146 e. The number of nitrogens with zero attached hydrogens (tertiary/aromatic N) is 1. The van der Waals surface area contributed by atoms with Crippen LogP contribution in [-0.4, -0.2) is 22.5 Å². The van der Waals surface area contributed by atoms with Gasteiger partial charge in [0, 0.05) is 0 Å². The number of hydrogen-bond acceptors (Lipinski definition) is 3. The van der Waals surface area contributed by atoms with Gasteiger partial charge in [-0.05, 0) is 42.0 Å². The molecule has 0 bridgehead atoms. The van der Waals surface area contributed by atoms with E-state index in [4.69, 9.17) is 21.1 Å². The van der Waals surface area contributed by atoms with Crippen molar-refractivity contribution in [3.63, 3.8) is 0 Å². The topological polar surface area (TPSA) is 47.1 Å². The first kappa shape index (κ1) is 15.4. The van der Waals surface area contributed by atoms with Crippen molar-refractivity contribution in [2.24, 2.45) is 0 Å². The van der Waals surface area contributed by atoms with E-state index in [1.807, 2.05) is 54.6 Å². The highest BCUT2D eigenvalue weighted by molar-refractivity contribution is 6.18. The lowest BCUT2D eigenvalue weighted by Gasteiger charge is -2.05. The molecule has 0 aliphatic rings. The van der Waals surface area contributed by atoms with E-state index in [0.717, 1.165) is 28.6 Å². The Labute approximate surface area is 140 Å². The molecule has 0 atom stereocenters. The van der Waals surface area contributed by atoms with Crippen LogP contribution in [0.3, 0.4) is 0 Å². The molecule has 0 aliphatic carbocycles. The van der Waals surface area contributed by atoms with Crippen LogP contribution in [0.4, 0.5) is 0 Å². The number of alkyl halides is 1. The van der Waals surface area contributed by atoms with Crippen LogP contribution in [0, 0.1) is 0 Å². The molecule has 1 N–H and O–H groups in total. The molecule has 5 heteroatoms. The molecule has 118 valence electrons. The van der Waals surface area contributed by atoms with Crippen molar-refractivity contribution in [3.8, 4) is 22.8 Å². The number of rotatable bonds is 7. The third-order valence-corrected chi connectivity index (χ3v) is 3.41. The number of nitrogens with one attached hydrogen (secondary N) is 1. The summed E-state index contributed by atoms with van der Waals surface area (Å²) in [6.07, 6.45) is 1.80. The predicted octanol–water partition coefficient (Wildman–Crippen LogP) is 4.27. The monoisotopic (exact) mass is 328 g/mol. The van der Waals surface area contributed by atoms with E-state index in [0.29, 0.717) is 19.1 Å². The molecule has 23 heavy (non-hydrogen) atoms. The van der Waals surface area contributed by atoms with Crippen molar-refractivity contribution in [3.05, 3.63) is 66.6 Å². The van der Waals surface area contributed by atoms with Crippen LogP contribution in [0.2, 0.25) is 0 Å². The van der Waals surface area contributed by atoms with Crippen molar-refractivity contribution < 1.29 is 9.47 Å². The standard InChI is InChI=1S/C18H17ClN2O2/c19-10-11-22-16-8-6-14(7-9-16)17-12-20-18(21-17)13-23-15-4-2-1-3-5-15/h1-9,12H,10-11,13H2,(H,20,21). The van der Waals surface area contributed by atoms with E-state index in [2.05, 4.69) is 9.97 Å². The summed E-state index contributed by atoms with van der Waals surface area (Å²) < 4.78 is 11.1. The van der Waals surface area contributed by atoms with Gasteiger partial charge >= 0.3 is 0 Å². The SMILES string of the molecule is ClCCOc1ccc(-c2cnc(COc3ccccc3)[nH]2)cc1. The average Bonchev–Trinajstić information content (AvgIpc) is 3.08. The van der Waals surface area contributed by atoms with Crippen molar-refractivity contribution in [1.29, 1.82) is 0 Å². The molecule has 3 aromatic rings. The Morgan fingerprint density at radius 1 is 0.913 bits per heavy atom. The fourth-order valence-electron chi connectivity index (χ4n) is 2.14. The number of para-hydroxylation sites is 1. The number of halogens is 1. The van der Waals surface area contributed by atoms with Gasteiger partial charge in [0.15, 0.2) is 0 Å². The zero-order valence-corrected chi connectivity index (χ0v) is 13.3. The second-order valence-electron chi connectivity index (χ2n) is 4.91. The Hall–Kier alpha value is -2.46. The Morgan fingerprint density at radius 2 is 1.65 bits per heavy atom. The molecule has 3 rings (SSSR count). The minimum atomic E-state index is 0.404. The minimum Gasteiger partial charge on any atom is -0.492 e. The Morgan fingerprint density at radius 3 is 2.39 bits per heavy atom. The minimum absolute atomic E-state index is 0.404. The number of aromatic amines is 1. The van der Waals surface area contributed by atoms with Crippen LogP contribution in [-0.2, 0) is 6.61 Å². The maximum absolute atomic E-state index is 5.68. The summed E-state index contributed by atoms with van der Waals surface area (Å²) in [5.41, 5.74) is 1.99. The summed E-state index contributed by atoms with van der Waals surface area (Å²) in [6.45, 7) is 0.910. The molecule has 4 nitrogen and oxygen atoms in total. The van der Waals surface area contributed by atoms with Crippen LogP contribution in [0.15, 0.2) is 60.8 Å². The van der Waals surface area contributed by atoms with Crippen LogP contribution in [0.25, 0.3) is 11.3 Å². The molecule has 0 radical (unpaired) electrons. The van der Waals surface area contributed by atoms with Crippen molar-refractivity contribution >= 4 is 11.6 Å². The highest BCUT2D eigenvalue weighted by atomic mass is 35.5. The van der Waals surface area contributed by atoms with E-state index >= 15 is 0 Å². The van der Waals surface area contributed by atoms with Crippen molar-refractivity contribution in [1.82, 2.24) is 9.97 Å². The number of aromatic nitrogens is 2. The summed E-state index contributed by atoms with van der Waals surface area (Å²) >= 11 is 5.61. The van der Waals surface area contributed by atoms with E-state index in [1.54, 1.807) is 6.20 Å². The van der Waals surface area contributed by atoms with Gasteiger partial charge in [-0.3, -0.25) is 0 Å². The normalized spacial score (nSPS) is 10.5. The Balaban J connectivity index is 1.62. The van der Waals surface area contributed by atoms with Crippen LogP contribution < -0.4 is 9.47 Å². The summed E-state index contributed by atoms with van der Waals surface area (Å²) in [7, 11) is 0. The van der Waals surface area contributed by atoms with Crippen molar-refractivity contribution in [2.45, 2.75) is 6.61 Å². The van der Waals surface area contributed by atoms with E-state index in [1.165, 1.54) is 0 Å².